The Morgan fingerprint density at radius 2 is 1.95 bits per heavy atom. The van der Waals surface area contributed by atoms with E-state index in [1.807, 2.05) is 12.1 Å². The van der Waals surface area contributed by atoms with Crippen LogP contribution in [-0.2, 0) is 6.54 Å². The summed E-state index contributed by atoms with van der Waals surface area (Å²) in [5.74, 6) is 1.32. The molecule has 0 radical (unpaired) electrons. The van der Waals surface area contributed by atoms with E-state index in [0.717, 1.165) is 5.56 Å². The summed E-state index contributed by atoms with van der Waals surface area (Å²) in [5, 5.41) is 0. The summed E-state index contributed by atoms with van der Waals surface area (Å²) in [5.41, 5.74) is 0.918. The maximum atomic E-state index is 13.8. The molecule has 0 spiro atoms. The van der Waals surface area contributed by atoms with Crippen molar-refractivity contribution in [3.05, 3.63) is 46.3 Å². The molecule has 0 saturated heterocycles. The number of benzene rings is 1. The second-order valence-corrected chi connectivity index (χ2v) is 5.29. The van der Waals surface area contributed by atoms with Gasteiger partial charge in [0.15, 0.2) is 11.6 Å². The Kier molecular flexibility index (Phi) is 5.01. The Labute approximate surface area is 131 Å². The largest absolute Gasteiger partial charge is 0.497 e. The number of nitrogens with zero attached hydrogens (tertiary/aromatic N) is 2. The molecule has 1 heterocycles. The number of pyridine rings is 1. The Bertz CT molecular complexity index is 637. The van der Waals surface area contributed by atoms with E-state index in [4.69, 9.17) is 9.47 Å². The molecule has 1 aromatic carbocycles. The Morgan fingerprint density at radius 1 is 1.19 bits per heavy atom. The predicted molar refractivity (Wildman–Crippen MR) is 83.5 cm³/mol. The van der Waals surface area contributed by atoms with Crippen molar-refractivity contribution in [1.82, 2.24) is 4.98 Å². The van der Waals surface area contributed by atoms with Crippen LogP contribution in [0.25, 0.3) is 0 Å². The fourth-order valence-corrected chi connectivity index (χ4v) is 2.29. The first-order chi connectivity index (χ1) is 10.0. The first-order valence-electron chi connectivity index (χ1n) is 6.29. The molecule has 0 amide bonds. The molecule has 1 aromatic heterocycles. The molecule has 21 heavy (non-hydrogen) atoms. The zero-order valence-electron chi connectivity index (χ0n) is 12.1. The van der Waals surface area contributed by atoms with Crippen LogP contribution in [0, 0.1) is 5.82 Å². The molecule has 2 aromatic rings. The molecule has 0 N–H and O–H groups in total. The number of ether oxygens (including phenoxy) is 2. The summed E-state index contributed by atoms with van der Waals surface area (Å²) in [4.78, 5) is 5.89. The van der Waals surface area contributed by atoms with Gasteiger partial charge in [0.2, 0.25) is 0 Å². The Morgan fingerprint density at radius 3 is 2.62 bits per heavy atom. The molecule has 0 aliphatic rings. The highest BCUT2D eigenvalue weighted by atomic mass is 79.9. The zero-order valence-corrected chi connectivity index (χ0v) is 13.6. The SMILES string of the molecule is COc1ccc(CN(C)c2nc(Br)ccc2F)c(OC)c1. The quantitative estimate of drug-likeness (QED) is 0.767. The molecule has 0 fully saturated rings. The highest BCUT2D eigenvalue weighted by molar-refractivity contribution is 9.10. The van der Waals surface area contributed by atoms with Gasteiger partial charge in [-0.1, -0.05) is 0 Å². The molecular weight excluding hydrogens is 339 g/mol. The van der Waals surface area contributed by atoms with Crippen molar-refractivity contribution >= 4 is 21.7 Å². The molecule has 0 aliphatic carbocycles. The maximum Gasteiger partial charge on any atom is 0.166 e. The topological polar surface area (TPSA) is 34.6 Å². The summed E-state index contributed by atoms with van der Waals surface area (Å²) in [6.07, 6.45) is 0. The monoisotopic (exact) mass is 354 g/mol. The number of anilines is 1. The average molecular weight is 355 g/mol. The number of aromatic nitrogens is 1. The van der Waals surface area contributed by atoms with Crippen LogP contribution in [0.1, 0.15) is 5.56 Å². The Balaban J connectivity index is 2.26. The van der Waals surface area contributed by atoms with E-state index in [9.17, 15) is 4.39 Å². The van der Waals surface area contributed by atoms with Crippen molar-refractivity contribution < 1.29 is 13.9 Å². The number of halogens is 2. The summed E-state index contributed by atoms with van der Waals surface area (Å²) >= 11 is 3.25. The summed E-state index contributed by atoms with van der Waals surface area (Å²) in [7, 11) is 4.97. The van der Waals surface area contributed by atoms with Gasteiger partial charge < -0.3 is 14.4 Å². The standard InChI is InChI=1S/C15H16BrFN2O2/c1-19(15-12(17)6-7-14(16)18-15)9-10-4-5-11(20-2)8-13(10)21-3/h4-8H,9H2,1-3H3. The van der Waals surface area contributed by atoms with E-state index in [1.165, 1.54) is 6.07 Å². The van der Waals surface area contributed by atoms with Crippen molar-refractivity contribution in [3.8, 4) is 11.5 Å². The minimum Gasteiger partial charge on any atom is -0.497 e. The third-order valence-corrected chi connectivity index (χ3v) is 3.50. The number of hydrogen-bond acceptors (Lipinski definition) is 4. The van der Waals surface area contributed by atoms with E-state index >= 15 is 0 Å². The molecule has 0 atom stereocenters. The van der Waals surface area contributed by atoms with Crippen molar-refractivity contribution in [3.63, 3.8) is 0 Å². The van der Waals surface area contributed by atoms with Crippen molar-refractivity contribution in [2.45, 2.75) is 6.54 Å². The predicted octanol–water partition coefficient (Wildman–Crippen LogP) is 3.64. The molecule has 0 saturated carbocycles. The van der Waals surface area contributed by atoms with Crippen LogP contribution in [0.5, 0.6) is 11.5 Å². The number of methoxy groups -OCH3 is 2. The van der Waals surface area contributed by atoms with Crippen molar-refractivity contribution in [2.24, 2.45) is 0 Å². The van der Waals surface area contributed by atoms with Gasteiger partial charge in [0.1, 0.15) is 16.1 Å². The summed E-state index contributed by atoms with van der Waals surface area (Å²) < 4.78 is 25.0. The average Bonchev–Trinajstić information content (AvgIpc) is 2.49. The van der Waals surface area contributed by atoms with Gasteiger partial charge in [-0.05, 0) is 40.2 Å². The molecule has 2 rings (SSSR count). The second-order valence-electron chi connectivity index (χ2n) is 4.47. The van der Waals surface area contributed by atoms with Gasteiger partial charge in [-0.2, -0.15) is 0 Å². The van der Waals surface area contributed by atoms with Gasteiger partial charge in [0, 0.05) is 25.2 Å². The van der Waals surface area contributed by atoms with Crippen LogP contribution in [0.15, 0.2) is 34.9 Å². The zero-order chi connectivity index (χ0) is 15.4. The maximum absolute atomic E-state index is 13.8. The van der Waals surface area contributed by atoms with Crippen LogP contribution in [0.3, 0.4) is 0 Å². The molecule has 112 valence electrons. The van der Waals surface area contributed by atoms with Crippen LogP contribution < -0.4 is 14.4 Å². The van der Waals surface area contributed by atoms with Crippen LogP contribution in [0.2, 0.25) is 0 Å². The van der Waals surface area contributed by atoms with Gasteiger partial charge >= 0.3 is 0 Å². The molecule has 4 nitrogen and oxygen atoms in total. The van der Waals surface area contributed by atoms with Crippen molar-refractivity contribution in [1.29, 1.82) is 0 Å². The van der Waals surface area contributed by atoms with Crippen molar-refractivity contribution in [2.75, 3.05) is 26.2 Å². The van der Waals surface area contributed by atoms with Gasteiger partial charge in [-0.25, -0.2) is 9.37 Å². The molecule has 0 unspecified atom stereocenters. The molecular formula is C15H16BrFN2O2. The summed E-state index contributed by atoms with van der Waals surface area (Å²) in [6, 6.07) is 8.49. The fourth-order valence-electron chi connectivity index (χ4n) is 1.99. The van der Waals surface area contributed by atoms with Crippen LogP contribution >= 0.6 is 15.9 Å². The van der Waals surface area contributed by atoms with E-state index in [-0.39, 0.29) is 11.6 Å². The lowest BCUT2D eigenvalue weighted by Crippen LogP contribution is -2.19. The van der Waals surface area contributed by atoms with Gasteiger partial charge in [0.05, 0.1) is 14.2 Å². The van der Waals surface area contributed by atoms with Gasteiger partial charge in [-0.3, -0.25) is 0 Å². The first-order valence-corrected chi connectivity index (χ1v) is 7.08. The lowest BCUT2D eigenvalue weighted by Gasteiger charge is -2.20. The fraction of sp³-hybridized carbons (Fsp3) is 0.267. The van der Waals surface area contributed by atoms with Gasteiger partial charge in [0.25, 0.3) is 0 Å². The normalized spacial score (nSPS) is 10.3. The van der Waals surface area contributed by atoms with E-state index < -0.39 is 0 Å². The van der Waals surface area contributed by atoms with E-state index in [2.05, 4.69) is 20.9 Å². The molecule has 0 bridgehead atoms. The first kappa shape index (κ1) is 15.6. The molecule has 6 heteroatoms. The molecule has 0 aliphatic heterocycles. The van der Waals surface area contributed by atoms with E-state index in [1.54, 1.807) is 38.3 Å². The second kappa shape index (κ2) is 6.76. The van der Waals surface area contributed by atoms with E-state index in [0.29, 0.717) is 22.6 Å². The summed E-state index contributed by atoms with van der Waals surface area (Å²) in [6.45, 7) is 0.466. The van der Waals surface area contributed by atoms with Crippen LogP contribution in [0.4, 0.5) is 10.2 Å². The minimum atomic E-state index is -0.367. The lowest BCUT2D eigenvalue weighted by atomic mass is 10.1. The van der Waals surface area contributed by atoms with Gasteiger partial charge in [-0.15, -0.1) is 0 Å². The minimum absolute atomic E-state index is 0.280. The lowest BCUT2D eigenvalue weighted by molar-refractivity contribution is 0.391. The number of rotatable bonds is 5. The van der Waals surface area contributed by atoms with Crippen LogP contribution in [-0.4, -0.2) is 26.3 Å². The third kappa shape index (κ3) is 3.64. The highest BCUT2D eigenvalue weighted by Gasteiger charge is 2.13. The number of hydrogen-bond donors (Lipinski definition) is 0. The smallest absolute Gasteiger partial charge is 0.166 e. The highest BCUT2D eigenvalue weighted by Crippen LogP contribution is 2.27. The third-order valence-electron chi connectivity index (χ3n) is 3.06. The Hall–Kier alpha value is -1.82.